The fourth-order valence-corrected chi connectivity index (χ4v) is 4.73. The molecule has 2 atom stereocenters. The Morgan fingerprint density at radius 3 is 2.61 bits per heavy atom. The maximum absolute atomic E-state index is 13.3. The van der Waals surface area contributed by atoms with E-state index in [4.69, 9.17) is 16.7 Å². The Morgan fingerprint density at radius 2 is 1.94 bits per heavy atom. The molecule has 1 aromatic heterocycles. The van der Waals surface area contributed by atoms with Gasteiger partial charge in [-0.15, -0.1) is 0 Å². The molecule has 2 amide bonds. The summed E-state index contributed by atoms with van der Waals surface area (Å²) in [5, 5.41) is 14.6. The van der Waals surface area contributed by atoms with Crippen LogP contribution in [0.5, 0.6) is 0 Å². The van der Waals surface area contributed by atoms with Gasteiger partial charge in [0.1, 0.15) is 12.2 Å². The van der Waals surface area contributed by atoms with Crippen LogP contribution in [0.2, 0.25) is 5.02 Å². The Labute approximate surface area is 198 Å². The summed E-state index contributed by atoms with van der Waals surface area (Å²) < 4.78 is 1.82. The number of hydrogen-bond acceptors (Lipinski definition) is 4. The number of nitrogens with zero attached hydrogens (tertiary/aromatic N) is 4. The molecule has 0 bridgehead atoms. The van der Waals surface area contributed by atoms with E-state index < -0.39 is 11.9 Å². The number of unbranched alkanes of at least 4 members (excludes halogenated alkanes) is 2. The number of carboxylic acids is 1. The van der Waals surface area contributed by atoms with E-state index >= 15 is 0 Å². The predicted molar refractivity (Wildman–Crippen MR) is 124 cm³/mol. The zero-order valence-electron chi connectivity index (χ0n) is 18.7. The second kappa shape index (κ2) is 9.95. The van der Waals surface area contributed by atoms with E-state index in [-0.39, 0.29) is 30.9 Å². The van der Waals surface area contributed by atoms with Gasteiger partial charge in [0.15, 0.2) is 0 Å². The lowest BCUT2D eigenvalue weighted by molar-refractivity contribution is -0.141. The highest BCUT2D eigenvalue weighted by Gasteiger charge is 2.36. The van der Waals surface area contributed by atoms with Gasteiger partial charge in [0.25, 0.3) is 5.91 Å². The molecule has 2 aliphatic rings. The van der Waals surface area contributed by atoms with Crippen LogP contribution >= 0.6 is 11.6 Å². The molecule has 0 aliphatic carbocycles. The Morgan fingerprint density at radius 1 is 1.18 bits per heavy atom. The molecule has 9 heteroatoms. The summed E-state index contributed by atoms with van der Waals surface area (Å²) in [5.74, 6) is -1.84. The zero-order chi connectivity index (χ0) is 23.5. The fourth-order valence-electron chi connectivity index (χ4n) is 4.60. The smallest absolute Gasteiger partial charge is 0.308 e. The van der Waals surface area contributed by atoms with Gasteiger partial charge in [0, 0.05) is 30.2 Å². The van der Waals surface area contributed by atoms with E-state index in [1.807, 2.05) is 16.8 Å². The van der Waals surface area contributed by atoms with E-state index in [1.165, 1.54) is 0 Å². The first kappa shape index (κ1) is 23.3. The van der Waals surface area contributed by atoms with Crippen molar-refractivity contribution >= 4 is 29.4 Å². The normalized spacial score (nSPS) is 20.2. The molecule has 3 heterocycles. The number of hydrogen-bond donors (Lipinski definition) is 1. The summed E-state index contributed by atoms with van der Waals surface area (Å²) in [7, 11) is 0. The summed E-state index contributed by atoms with van der Waals surface area (Å²) in [4.78, 5) is 40.5. The van der Waals surface area contributed by atoms with Crippen molar-refractivity contribution in [3.63, 3.8) is 0 Å². The molecule has 2 aromatic rings. The molecular weight excluding hydrogens is 444 g/mol. The molecule has 0 saturated carbocycles. The van der Waals surface area contributed by atoms with Crippen LogP contribution < -0.4 is 0 Å². The summed E-state index contributed by atoms with van der Waals surface area (Å²) in [6.07, 6.45) is 4.51. The van der Waals surface area contributed by atoms with E-state index in [0.717, 1.165) is 31.2 Å². The van der Waals surface area contributed by atoms with Gasteiger partial charge < -0.3 is 14.9 Å². The second-order valence-electron chi connectivity index (χ2n) is 8.87. The van der Waals surface area contributed by atoms with Crippen LogP contribution in [0.25, 0.3) is 11.3 Å². The molecule has 1 N–H and O–H groups in total. The summed E-state index contributed by atoms with van der Waals surface area (Å²) >= 11 is 6.01. The maximum atomic E-state index is 13.3. The largest absolute Gasteiger partial charge is 0.481 e. The zero-order valence-corrected chi connectivity index (χ0v) is 19.5. The summed E-state index contributed by atoms with van der Waals surface area (Å²) in [6, 6.07) is 9.11. The number of likely N-dealkylation sites (tertiary alicyclic amines) is 1. The molecule has 176 valence electrons. The van der Waals surface area contributed by atoms with Gasteiger partial charge in [0.05, 0.1) is 17.7 Å². The van der Waals surface area contributed by atoms with Crippen LogP contribution in [-0.4, -0.2) is 68.6 Å². The molecule has 0 spiro atoms. The van der Waals surface area contributed by atoms with Crippen LogP contribution in [0, 0.1) is 5.92 Å². The third-order valence-electron chi connectivity index (χ3n) is 6.52. The quantitative estimate of drug-likeness (QED) is 0.591. The number of aliphatic carboxylic acids is 1. The van der Waals surface area contributed by atoms with Crippen LogP contribution in [0.15, 0.2) is 30.3 Å². The molecule has 1 fully saturated rings. The number of benzene rings is 1. The Bertz CT molecular complexity index is 1040. The van der Waals surface area contributed by atoms with Crippen molar-refractivity contribution in [1.82, 2.24) is 19.6 Å². The topological polar surface area (TPSA) is 95.7 Å². The van der Waals surface area contributed by atoms with Gasteiger partial charge in [-0.3, -0.25) is 19.1 Å². The van der Waals surface area contributed by atoms with Gasteiger partial charge in [-0.2, -0.15) is 5.10 Å². The van der Waals surface area contributed by atoms with Crippen molar-refractivity contribution in [2.24, 2.45) is 5.92 Å². The molecule has 1 saturated heterocycles. The lowest BCUT2D eigenvalue weighted by Gasteiger charge is -2.34. The number of carbonyl (C=O) groups excluding carboxylic acids is 2. The molecule has 2 unspecified atom stereocenters. The van der Waals surface area contributed by atoms with Gasteiger partial charge in [-0.1, -0.05) is 49.9 Å². The molecule has 8 nitrogen and oxygen atoms in total. The molecule has 4 rings (SSSR count). The van der Waals surface area contributed by atoms with Crippen molar-refractivity contribution in [3.05, 3.63) is 41.0 Å². The molecule has 1 aromatic carbocycles. The van der Waals surface area contributed by atoms with E-state index in [0.29, 0.717) is 35.9 Å². The molecule has 0 radical (unpaired) electrons. The SMILES string of the molecule is CCCCCC1CN(CC(=O)N2CCC(C(=O)O)C2)C(=O)c2cc(-c3ccc(Cl)cc3)nn21. The predicted octanol–water partition coefficient (Wildman–Crippen LogP) is 3.71. The first-order valence-corrected chi connectivity index (χ1v) is 11.9. The number of amides is 2. The van der Waals surface area contributed by atoms with Crippen LogP contribution in [-0.2, 0) is 9.59 Å². The van der Waals surface area contributed by atoms with E-state index in [2.05, 4.69) is 6.92 Å². The standard InChI is InChI=1S/C24H29ClN4O4/c1-2-3-4-5-19-14-28(15-22(30)27-11-10-17(13-27)24(32)33)23(31)21-12-20(26-29(19)21)16-6-8-18(25)9-7-16/h6-9,12,17,19H,2-5,10-11,13-15H2,1H3,(H,32,33). The average molecular weight is 473 g/mol. The lowest BCUT2D eigenvalue weighted by atomic mass is 10.0. The minimum Gasteiger partial charge on any atom is -0.481 e. The molecular formula is C24H29ClN4O4. The second-order valence-corrected chi connectivity index (χ2v) is 9.30. The minimum atomic E-state index is -0.881. The maximum Gasteiger partial charge on any atom is 0.308 e. The molecule has 33 heavy (non-hydrogen) atoms. The monoisotopic (exact) mass is 472 g/mol. The number of rotatable bonds is 8. The fraction of sp³-hybridized carbons (Fsp3) is 0.500. The lowest BCUT2D eigenvalue weighted by Crippen LogP contribution is -2.48. The first-order chi connectivity index (χ1) is 15.9. The first-order valence-electron chi connectivity index (χ1n) is 11.5. The summed E-state index contributed by atoms with van der Waals surface area (Å²) in [5.41, 5.74) is 2.05. The van der Waals surface area contributed by atoms with E-state index in [9.17, 15) is 19.5 Å². The van der Waals surface area contributed by atoms with Crippen molar-refractivity contribution in [1.29, 1.82) is 0 Å². The number of halogens is 1. The minimum absolute atomic E-state index is 0.0107. The van der Waals surface area contributed by atoms with Gasteiger partial charge in [-0.05, 0) is 31.0 Å². The summed E-state index contributed by atoms with van der Waals surface area (Å²) in [6.45, 7) is 3.13. The third kappa shape index (κ3) is 5.05. The number of aromatic nitrogens is 2. The number of carbonyl (C=O) groups is 3. The number of fused-ring (bicyclic) bond motifs is 1. The van der Waals surface area contributed by atoms with Crippen LogP contribution in [0.1, 0.15) is 55.6 Å². The number of carboxylic acid groups (broad SMARTS) is 1. The third-order valence-corrected chi connectivity index (χ3v) is 6.77. The van der Waals surface area contributed by atoms with Gasteiger partial charge in [-0.25, -0.2) is 0 Å². The Hall–Kier alpha value is -2.87. The van der Waals surface area contributed by atoms with E-state index in [1.54, 1.807) is 28.0 Å². The van der Waals surface area contributed by atoms with Crippen molar-refractivity contribution < 1.29 is 19.5 Å². The Balaban J connectivity index is 1.55. The Kier molecular flexibility index (Phi) is 7.02. The highest BCUT2D eigenvalue weighted by molar-refractivity contribution is 6.30. The van der Waals surface area contributed by atoms with Gasteiger partial charge in [0.2, 0.25) is 5.91 Å². The van der Waals surface area contributed by atoms with Crippen LogP contribution in [0.4, 0.5) is 0 Å². The van der Waals surface area contributed by atoms with Crippen LogP contribution in [0.3, 0.4) is 0 Å². The average Bonchev–Trinajstić information content (AvgIpc) is 3.46. The molecule has 2 aliphatic heterocycles. The highest BCUT2D eigenvalue weighted by atomic mass is 35.5. The van der Waals surface area contributed by atoms with Crippen molar-refractivity contribution in [2.75, 3.05) is 26.2 Å². The van der Waals surface area contributed by atoms with Crippen molar-refractivity contribution in [2.45, 2.75) is 45.1 Å². The van der Waals surface area contributed by atoms with Gasteiger partial charge >= 0.3 is 5.97 Å². The highest BCUT2D eigenvalue weighted by Crippen LogP contribution is 2.30. The van der Waals surface area contributed by atoms with Crippen molar-refractivity contribution in [3.8, 4) is 11.3 Å².